The van der Waals surface area contributed by atoms with E-state index in [1.807, 2.05) is 135 Å². The molecule has 4 atom stereocenters. The van der Waals surface area contributed by atoms with Crippen LogP contribution in [0.25, 0.3) is 12.2 Å². The third kappa shape index (κ3) is 13.0. The van der Waals surface area contributed by atoms with Gasteiger partial charge < -0.3 is 45.0 Å². The monoisotopic (exact) mass is 744 g/mol. The van der Waals surface area contributed by atoms with Crippen molar-refractivity contribution in [1.29, 1.82) is 0 Å². The molecule has 4 aromatic carbocycles. The molecule has 0 amide bonds. The van der Waals surface area contributed by atoms with Crippen LogP contribution in [0.4, 0.5) is 46.5 Å². The summed E-state index contributed by atoms with van der Waals surface area (Å²) in [6, 6.07) is 34.0. The number of hydrogen-bond donors (Lipinski definition) is 8. The van der Waals surface area contributed by atoms with E-state index >= 15 is 0 Å². The summed E-state index contributed by atoms with van der Waals surface area (Å²) in [6.45, 7) is 3.67. The van der Waals surface area contributed by atoms with Crippen molar-refractivity contribution in [3.05, 3.63) is 133 Å². The summed E-state index contributed by atoms with van der Waals surface area (Å²) < 4.78 is 0. The number of nitrogens with zero attached hydrogens (tertiary/aromatic N) is 6. The molecule has 6 aromatic rings. The fraction of sp³-hybridized carbons (Fsp3) is 0.158. The molecule has 268 valence electrons. The average molecular weight is 745 g/mol. The van der Waals surface area contributed by atoms with Gasteiger partial charge in [0, 0.05) is 22.7 Å². The summed E-state index contributed by atoms with van der Waals surface area (Å²) in [5, 5.41) is 39.8. The van der Waals surface area contributed by atoms with Crippen molar-refractivity contribution >= 4 is 58.7 Å². The van der Waals surface area contributed by atoms with Crippen LogP contribution in [0.15, 0.2) is 122 Å². The van der Waals surface area contributed by atoms with E-state index in [0.717, 1.165) is 33.9 Å². The number of nitrogens with one attached hydrogen (secondary N) is 6. The van der Waals surface area contributed by atoms with Crippen LogP contribution in [-0.4, -0.2) is 64.7 Å². The van der Waals surface area contributed by atoms with Gasteiger partial charge in [0.05, 0.1) is 12.1 Å². The van der Waals surface area contributed by atoms with Gasteiger partial charge in [-0.1, -0.05) is 72.8 Å². The summed E-state index contributed by atoms with van der Waals surface area (Å²) in [5.41, 5.74) is 5.29. The second-order valence-electron chi connectivity index (χ2n) is 11.9. The first-order valence-electron chi connectivity index (χ1n) is 16.7. The van der Waals surface area contributed by atoms with E-state index < -0.39 is 12.5 Å². The van der Waals surface area contributed by atoms with Gasteiger partial charge in [-0.05, 0) is 73.5 Å². The molecule has 14 nitrogen and oxygen atoms in total. The maximum absolute atomic E-state index is 10.5. The standard InChI is InChI=1S/C38H40N12O2.2Na.2H/c1-25(33(51)45-29-9-5-3-6-10-29)43-35-39-23-41-37(49-35)47-31-19-15-27(16-20-31)13-14-28-17-21-32(22-18-28)48-38-42-24-40-36(50-38)44-26(2)34(52)46-30-11-7-4-8-12-30;;;;/h3-26,33-34,45-46,51-52H,1-2H3,(H2,39,41,43,47,49)(H2,40,42,44,48,50);;;;/q;2*+1;2*-1. The minimum atomic E-state index is -0.857. The first-order valence-corrected chi connectivity index (χ1v) is 16.7. The molecule has 0 saturated heterocycles. The van der Waals surface area contributed by atoms with E-state index in [1.165, 1.54) is 12.7 Å². The molecule has 4 unspecified atom stereocenters. The van der Waals surface area contributed by atoms with Crippen molar-refractivity contribution in [3.8, 4) is 0 Å². The number of aromatic nitrogens is 6. The molecule has 0 aliphatic heterocycles. The number of para-hydroxylation sites is 2. The van der Waals surface area contributed by atoms with Crippen LogP contribution in [-0.2, 0) is 0 Å². The molecule has 0 aliphatic rings. The van der Waals surface area contributed by atoms with Crippen LogP contribution in [0.5, 0.6) is 0 Å². The molecule has 54 heavy (non-hydrogen) atoms. The van der Waals surface area contributed by atoms with Crippen molar-refractivity contribution in [2.75, 3.05) is 31.9 Å². The Balaban J connectivity index is 0.00000271. The Morgan fingerprint density at radius 1 is 0.463 bits per heavy atom. The van der Waals surface area contributed by atoms with Gasteiger partial charge in [0.2, 0.25) is 23.8 Å². The van der Waals surface area contributed by atoms with Crippen molar-refractivity contribution in [3.63, 3.8) is 0 Å². The van der Waals surface area contributed by atoms with Gasteiger partial charge in [0.15, 0.2) is 0 Å². The Labute approximate surface area is 361 Å². The third-order valence-corrected chi connectivity index (χ3v) is 7.78. The zero-order valence-corrected chi connectivity index (χ0v) is 34.6. The number of benzene rings is 4. The number of aliphatic hydroxyl groups is 2. The second kappa shape index (κ2) is 21.3. The van der Waals surface area contributed by atoms with E-state index in [9.17, 15) is 10.2 Å². The Morgan fingerprint density at radius 2 is 0.815 bits per heavy atom. The Bertz CT molecular complexity index is 1900. The fourth-order valence-electron chi connectivity index (χ4n) is 4.88. The Hall–Kier alpha value is -4.64. The van der Waals surface area contributed by atoms with Crippen LogP contribution >= 0.6 is 0 Å². The van der Waals surface area contributed by atoms with E-state index in [2.05, 4.69) is 61.8 Å². The molecule has 8 N–H and O–H groups in total. The molecule has 0 bridgehead atoms. The molecular formula is C38H42N12Na2O2. The SMILES string of the molecule is CC(Nc1ncnc(Nc2ccc(C=Cc3ccc(Nc4ncnc(NC(C)C(O)Nc5ccccc5)n4)cc3)cc2)n1)C(O)Nc1ccccc1.[H-].[H-].[Na+].[Na+]. The Kier molecular flexibility index (Phi) is 16.6. The smallest absolute Gasteiger partial charge is 1.00 e. The topological polar surface area (TPSA) is 190 Å². The van der Waals surface area contributed by atoms with Gasteiger partial charge in [0.25, 0.3) is 0 Å². The van der Waals surface area contributed by atoms with Crippen LogP contribution < -0.4 is 91.0 Å². The van der Waals surface area contributed by atoms with Gasteiger partial charge in [-0.25, -0.2) is 19.9 Å². The maximum Gasteiger partial charge on any atom is 1.00 e. The van der Waals surface area contributed by atoms with Crippen molar-refractivity contribution in [1.82, 2.24) is 29.9 Å². The summed E-state index contributed by atoms with van der Waals surface area (Å²) in [6.07, 6.45) is 5.17. The molecular weight excluding hydrogens is 702 g/mol. The van der Waals surface area contributed by atoms with Gasteiger partial charge >= 0.3 is 59.1 Å². The zero-order chi connectivity index (χ0) is 36.1. The Morgan fingerprint density at radius 3 is 1.19 bits per heavy atom. The minimum Gasteiger partial charge on any atom is -1.00 e. The van der Waals surface area contributed by atoms with Gasteiger partial charge in [-0.2, -0.15) is 9.97 Å². The summed E-state index contributed by atoms with van der Waals surface area (Å²) in [4.78, 5) is 25.7. The zero-order valence-electron chi connectivity index (χ0n) is 32.6. The fourth-order valence-corrected chi connectivity index (χ4v) is 4.88. The van der Waals surface area contributed by atoms with E-state index in [0.29, 0.717) is 23.8 Å². The average Bonchev–Trinajstić information content (AvgIpc) is 3.16. The van der Waals surface area contributed by atoms with Crippen LogP contribution in [0.1, 0.15) is 27.8 Å². The molecule has 0 aliphatic carbocycles. The van der Waals surface area contributed by atoms with Crippen LogP contribution in [0.3, 0.4) is 0 Å². The molecule has 0 spiro atoms. The van der Waals surface area contributed by atoms with Gasteiger partial charge in [-0.3, -0.25) is 0 Å². The number of anilines is 8. The summed E-state index contributed by atoms with van der Waals surface area (Å²) in [5.74, 6) is 1.43. The van der Waals surface area contributed by atoms with Crippen molar-refractivity contribution in [2.45, 2.75) is 38.4 Å². The third-order valence-electron chi connectivity index (χ3n) is 7.78. The second-order valence-corrected chi connectivity index (χ2v) is 11.9. The predicted molar refractivity (Wildman–Crippen MR) is 209 cm³/mol. The molecule has 0 fully saturated rings. The van der Waals surface area contributed by atoms with Gasteiger partial charge in [-0.15, -0.1) is 0 Å². The summed E-state index contributed by atoms with van der Waals surface area (Å²) in [7, 11) is 0. The predicted octanol–water partition coefficient (Wildman–Crippen LogP) is 0.409. The van der Waals surface area contributed by atoms with Gasteiger partial charge in [0.1, 0.15) is 25.1 Å². The minimum absolute atomic E-state index is 0. The number of rotatable bonds is 16. The molecule has 2 aromatic heterocycles. The molecule has 0 radical (unpaired) electrons. The van der Waals surface area contributed by atoms with Crippen molar-refractivity contribution < 1.29 is 72.2 Å². The first-order chi connectivity index (χ1) is 25.4. The molecule has 16 heteroatoms. The molecule has 0 saturated carbocycles. The van der Waals surface area contributed by atoms with E-state index in [-0.39, 0.29) is 74.1 Å². The maximum atomic E-state index is 10.5. The molecule has 2 heterocycles. The largest absolute Gasteiger partial charge is 1.00 e. The van der Waals surface area contributed by atoms with Crippen LogP contribution in [0, 0.1) is 0 Å². The van der Waals surface area contributed by atoms with E-state index in [1.54, 1.807) is 0 Å². The normalized spacial score (nSPS) is 12.9. The van der Waals surface area contributed by atoms with Crippen LogP contribution in [0.2, 0.25) is 0 Å². The van der Waals surface area contributed by atoms with Crippen molar-refractivity contribution in [2.24, 2.45) is 0 Å². The molecule has 6 rings (SSSR count). The quantitative estimate of drug-likeness (QED) is 0.0387. The summed E-state index contributed by atoms with van der Waals surface area (Å²) >= 11 is 0. The first kappa shape index (κ1) is 42.1. The number of aliphatic hydroxyl groups excluding tert-OH is 2. The van der Waals surface area contributed by atoms with E-state index in [4.69, 9.17) is 0 Å². The number of hydrogen-bond acceptors (Lipinski definition) is 14.